The quantitative estimate of drug-likeness (QED) is 0.452. The number of carbonyl (C=O) groups excluding carboxylic acids is 1. The molecule has 1 aliphatic heterocycles. The fourth-order valence-corrected chi connectivity index (χ4v) is 4.14. The van der Waals surface area contributed by atoms with E-state index < -0.39 is 11.6 Å². The molecule has 9 heteroatoms. The van der Waals surface area contributed by atoms with Crippen LogP contribution in [0.15, 0.2) is 48.5 Å². The van der Waals surface area contributed by atoms with Gasteiger partial charge in [-0.3, -0.25) is 0 Å². The summed E-state index contributed by atoms with van der Waals surface area (Å²) in [5, 5.41) is 7.60. The molecule has 0 bridgehead atoms. The van der Waals surface area contributed by atoms with Gasteiger partial charge in [0, 0.05) is 25.8 Å². The van der Waals surface area contributed by atoms with Crippen LogP contribution >= 0.6 is 0 Å². The first-order chi connectivity index (χ1) is 17.0. The van der Waals surface area contributed by atoms with Crippen LogP contribution < -0.4 is 10.1 Å². The number of hydrogen-bond acceptors (Lipinski definition) is 4. The number of carbonyl (C=O) groups is 1. The first-order valence-corrected chi connectivity index (χ1v) is 11.9. The van der Waals surface area contributed by atoms with Crippen molar-refractivity contribution in [2.24, 2.45) is 0 Å². The van der Waals surface area contributed by atoms with E-state index in [1.165, 1.54) is 6.07 Å². The standard InChI is InChI=1S/C26H30F2N4O3/c1-3-23-21(17-31(26(33)29-4-2)16-20-11-8-14-34-20)25(32(30-23)19-9-6-5-7-10-19)35-24-13-12-18(27)15-22(24)28/h5-7,9-10,12-13,15,20H,3-4,8,11,14,16-17H2,1-2H3,(H,29,33). The van der Waals surface area contributed by atoms with Gasteiger partial charge in [0.05, 0.1) is 29.6 Å². The second kappa shape index (κ2) is 11.3. The molecule has 4 rings (SSSR count). The van der Waals surface area contributed by atoms with Gasteiger partial charge < -0.3 is 19.7 Å². The highest BCUT2D eigenvalue weighted by Crippen LogP contribution is 2.34. The number of nitrogens with zero attached hydrogens (tertiary/aromatic N) is 3. The Morgan fingerprint density at radius 1 is 1.23 bits per heavy atom. The number of benzene rings is 2. The van der Waals surface area contributed by atoms with Gasteiger partial charge in [0.2, 0.25) is 5.88 Å². The summed E-state index contributed by atoms with van der Waals surface area (Å²) in [4.78, 5) is 14.6. The molecule has 0 spiro atoms. The maximum absolute atomic E-state index is 14.6. The second-order valence-electron chi connectivity index (χ2n) is 8.36. The summed E-state index contributed by atoms with van der Waals surface area (Å²) in [6.45, 7) is 5.59. The van der Waals surface area contributed by atoms with Gasteiger partial charge in [0.15, 0.2) is 11.6 Å². The van der Waals surface area contributed by atoms with E-state index in [1.807, 2.05) is 44.2 Å². The average Bonchev–Trinajstić information content (AvgIpc) is 3.49. The van der Waals surface area contributed by atoms with Gasteiger partial charge in [-0.25, -0.2) is 18.3 Å². The maximum Gasteiger partial charge on any atom is 0.317 e. The summed E-state index contributed by atoms with van der Waals surface area (Å²) in [5.41, 5.74) is 2.09. The van der Waals surface area contributed by atoms with E-state index in [2.05, 4.69) is 5.32 Å². The Labute approximate surface area is 203 Å². The number of ether oxygens (including phenoxy) is 2. The number of halogens is 2. The zero-order chi connectivity index (χ0) is 24.8. The predicted octanol–water partition coefficient (Wildman–Crippen LogP) is 5.22. The Balaban J connectivity index is 1.77. The van der Waals surface area contributed by atoms with E-state index in [0.29, 0.717) is 37.4 Å². The van der Waals surface area contributed by atoms with Gasteiger partial charge >= 0.3 is 6.03 Å². The molecule has 0 saturated carbocycles. The zero-order valence-electron chi connectivity index (χ0n) is 20.0. The molecule has 1 saturated heterocycles. The Hall–Kier alpha value is -3.46. The van der Waals surface area contributed by atoms with Crippen molar-refractivity contribution in [3.05, 3.63) is 71.4 Å². The third-order valence-corrected chi connectivity index (χ3v) is 5.87. The van der Waals surface area contributed by atoms with E-state index in [1.54, 1.807) is 9.58 Å². The minimum atomic E-state index is -0.824. The lowest BCUT2D eigenvalue weighted by molar-refractivity contribution is 0.0793. The molecule has 1 fully saturated rings. The maximum atomic E-state index is 14.6. The zero-order valence-corrected chi connectivity index (χ0v) is 20.0. The first-order valence-electron chi connectivity index (χ1n) is 11.9. The van der Waals surface area contributed by atoms with Crippen LogP contribution in [0.2, 0.25) is 0 Å². The molecule has 1 atom stereocenters. The summed E-state index contributed by atoms with van der Waals surface area (Å²) >= 11 is 0. The van der Waals surface area contributed by atoms with Gasteiger partial charge in [-0.1, -0.05) is 25.1 Å². The molecule has 2 amide bonds. The molecule has 2 aromatic carbocycles. The first kappa shape index (κ1) is 24.7. The van der Waals surface area contributed by atoms with Crippen LogP contribution in [0, 0.1) is 11.6 Å². The van der Waals surface area contributed by atoms with Crippen molar-refractivity contribution >= 4 is 6.03 Å². The molecule has 0 aliphatic carbocycles. The SMILES string of the molecule is CCNC(=O)N(Cc1c(CC)nn(-c2ccccc2)c1Oc1ccc(F)cc1F)CC1CCCO1. The molecule has 1 unspecified atom stereocenters. The summed E-state index contributed by atoms with van der Waals surface area (Å²) in [5.74, 6) is -1.37. The van der Waals surface area contributed by atoms with E-state index in [4.69, 9.17) is 14.6 Å². The largest absolute Gasteiger partial charge is 0.435 e. The molecular formula is C26H30F2N4O3. The fourth-order valence-electron chi connectivity index (χ4n) is 4.14. The normalized spacial score (nSPS) is 15.3. The van der Waals surface area contributed by atoms with Crippen molar-refractivity contribution in [1.82, 2.24) is 20.0 Å². The van der Waals surface area contributed by atoms with Gasteiger partial charge in [-0.15, -0.1) is 0 Å². The molecule has 1 aromatic heterocycles. The number of urea groups is 1. The highest BCUT2D eigenvalue weighted by molar-refractivity contribution is 5.74. The summed E-state index contributed by atoms with van der Waals surface area (Å²) < 4.78 is 41.5. The van der Waals surface area contributed by atoms with Crippen LogP contribution in [0.25, 0.3) is 5.69 Å². The number of nitrogens with one attached hydrogen (secondary N) is 1. The molecular weight excluding hydrogens is 454 g/mol. The van der Waals surface area contributed by atoms with E-state index in [-0.39, 0.29) is 30.3 Å². The van der Waals surface area contributed by atoms with Crippen LogP contribution in [0.1, 0.15) is 37.9 Å². The fraction of sp³-hybridized carbons (Fsp3) is 0.385. The lowest BCUT2D eigenvalue weighted by atomic mass is 10.1. The third-order valence-electron chi connectivity index (χ3n) is 5.87. The number of aromatic nitrogens is 2. The van der Waals surface area contributed by atoms with Crippen molar-refractivity contribution in [1.29, 1.82) is 0 Å². The van der Waals surface area contributed by atoms with Crippen LogP contribution in [-0.4, -0.2) is 46.5 Å². The van der Waals surface area contributed by atoms with Gasteiger partial charge in [-0.05, 0) is 50.5 Å². The van der Waals surface area contributed by atoms with E-state index in [0.717, 1.165) is 30.7 Å². The van der Waals surface area contributed by atoms with Crippen molar-refractivity contribution in [3.8, 4) is 17.3 Å². The number of amides is 2. The number of para-hydroxylation sites is 1. The topological polar surface area (TPSA) is 68.6 Å². The lowest BCUT2D eigenvalue weighted by Gasteiger charge is -2.26. The minimum Gasteiger partial charge on any atom is -0.435 e. The Kier molecular flexibility index (Phi) is 7.97. The molecule has 3 aromatic rings. The van der Waals surface area contributed by atoms with Gasteiger partial charge in [0.25, 0.3) is 0 Å². The molecule has 7 nitrogen and oxygen atoms in total. The highest BCUT2D eigenvalue weighted by Gasteiger charge is 2.28. The van der Waals surface area contributed by atoms with Crippen LogP contribution in [0.4, 0.5) is 13.6 Å². The van der Waals surface area contributed by atoms with Crippen LogP contribution in [0.5, 0.6) is 11.6 Å². The number of rotatable bonds is 9. The molecule has 1 N–H and O–H groups in total. The lowest BCUT2D eigenvalue weighted by Crippen LogP contribution is -2.43. The van der Waals surface area contributed by atoms with Crippen molar-refractivity contribution in [2.45, 2.75) is 45.8 Å². The van der Waals surface area contributed by atoms with Crippen LogP contribution in [-0.2, 0) is 17.7 Å². The minimum absolute atomic E-state index is 0.0502. The molecule has 0 radical (unpaired) electrons. The van der Waals surface area contributed by atoms with Gasteiger partial charge in [0.1, 0.15) is 5.82 Å². The summed E-state index contributed by atoms with van der Waals surface area (Å²) in [6.07, 6.45) is 2.36. The van der Waals surface area contributed by atoms with Gasteiger partial charge in [-0.2, -0.15) is 5.10 Å². The second-order valence-corrected chi connectivity index (χ2v) is 8.36. The Morgan fingerprint density at radius 2 is 2.03 bits per heavy atom. The van der Waals surface area contributed by atoms with Crippen molar-refractivity contribution in [2.75, 3.05) is 19.7 Å². The molecule has 186 valence electrons. The molecule has 35 heavy (non-hydrogen) atoms. The van der Waals surface area contributed by atoms with Crippen molar-refractivity contribution < 1.29 is 23.0 Å². The third kappa shape index (κ3) is 5.79. The van der Waals surface area contributed by atoms with E-state index in [9.17, 15) is 13.6 Å². The molecule has 2 heterocycles. The number of aryl methyl sites for hydroxylation is 1. The summed E-state index contributed by atoms with van der Waals surface area (Å²) in [6, 6.07) is 12.3. The number of hydrogen-bond donors (Lipinski definition) is 1. The predicted molar refractivity (Wildman–Crippen MR) is 128 cm³/mol. The molecule has 1 aliphatic rings. The highest BCUT2D eigenvalue weighted by atomic mass is 19.1. The van der Waals surface area contributed by atoms with E-state index >= 15 is 0 Å². The Bertz CT molecular complexity index is 1150. The Morgan fingerprint density at radius 3 is 2.69 bits per heavy atom. The van der Waals surface area contributed by atoms with Crippen LogP contribution in [0.3, 0.4) is 0 Å². The average molecular weight is 485 g/mol. The summed E-state index contributed by atoms with van der Waals surface area (Å²) in [7, 11) is 0. The van der Waals surface area contributed by atoms with Crippen molar-refractivity contribution in [3.63, 3.8) is 0 Å². The smallest absolute Gasteiger partial charge is 0.317 e. The monoisotopic (exact) mass is 484 g/mol.